The van der Waals surface area contributed by atoms with Crippen molar-refractivity contribution < 1.29 is 19.4 Å². The minimum absolute atomic E-state index is 0.133. The van der Waals surface area contributed by atoms with Gasteiger partial charge in [-0.2, -0.15) is 5.10 Å². The Morgan fingerprint density at radius 3 is 2.89 bits per heavy atom. The predicted octanol–water partition coefficient (Wildman–Crippen LogP) is 0.247. The lowest BCUT2D eigenvalue weighted by molar-refractivity contribution is -0.0110. The smallest absolute Gasteiger partial charge is 0.314 e. The minimum Gasteiger partial charge on any atom is -0.507 e. The number of amides is 3. The molecule has 150 valence electrons. The number of ether oxygens (including phenoxy) is 1. The third kappa shape index (κ3) is 4.92. The number of hydrogen-bond donors (Lipinski definition) is 4. The van der Waals surface area contributed by atoms with Crippen molar-refractivity contribution in [2.75, 3.05) is 31.6 Å². The number of carbonyl (C=O) groups is 2. The average Bonchev–Trinajstić information content (AvgIpc) is 3.10. The van der Waals surface area contributed by atoms with Gasteiger partial charge in [0.1, 0.15) is 5.75 Å². The van der Waals surface area contributed by atoms with E-state index in [9.17, 15) is 14.7 Å². The molecule has 10 nitrogen and oxygen atoms in total. The molecule has 28 heavy (non-hydrogen) atoms. The Labute approximate surface area is 162 Å². The van der Waals surface area contributed by atoms with Crippen molar-refractivity contribution in [3.05, 3.63) is 41.7 Å². The summed E-state index contributed by atoms with van der Waals surface area (Å²) in [5.41, 5.74) is 6.97. The summed E-state index contributed by atoms with van der Waals surface area (Å²) >= 11 is 0. The molecule has 1 aromatic carbocycles. The number of nitrogens with two attached hydrogens (primary N) is 1. The molecular weight excluding hydrogens is 364 g/mol. The zero-order valence-electron chi connectivity index (χ0n) is 15.6. The number of nitrogens with one attached hydrogen (secondary N) is 2. The molecular formula is C18H24N6O4. The highest BCUT2D eigenvalue weighted by Crippen LogP contribution is 2.22. The lowest BCUT2D eigenvalue weighted by Gasteiger charge is -2.31. The second kappa shape index (κ2) is 8.61. The van der Waals surface area contributed by atoms with Gasteiger partial charge in [0.05, 0.1) is 37.1 Å². The number of urea groups is 1. The van der Waals surface area contributed by atoms with Crippen LogP contribution >= 0.6 is 0 Å². The van der Waals surface area contributed by atoms with Gasteiger partial charge in [-0.05, 0) is 18.2 Å². The number of aryl methyl sites for hydroxylation is 1. The maximum Gasteiger partial charge on any atom is 0.314 e. The van der Waals surface area contributed by atoms with Crippen LogP contribution in [0.2, 0.25) is 0 Å². The molecule has 1 unspecified atom stereocenters. The second-order valence-electron chi connectivity index (χ2n) is 6.55. The number of rotatable bonds is 6. The number of morpholine rings is 1. The van der Waals surface area contributed by atoms with Crippen LogP contribution in [0, 0.1) is 0 Å². The van der Waals surface area contributed by atoms with E-state index in [1.54, 1.807) is 16.8 Å². The molecule has 5 N–H and O–H groups in total. The highest BCUT2D eigenvalue weighted by atomic mass is 16.5. The van der Waals surface area contributed by atoms with Gasteiger partial charge in [-0.15, -0.1) is 0 Å². The Morgan fingerprint density at radius 2 is 2.21 bits per heavy atom. The lowest BCUT2D eigenvalue weighted by Crippen LogP contribution is -2.51. The van der Waals surface area contributed by atoms with Crippen LogP contribution in [0.15, 0.2) is 30.5 Å². The summed E-state index contributed by atoms with van der Waals surface area (Å²) in [6.45, 7) is 1.83. The van der Waals surface area contributed by atoms with Crippen molar-refractivity contribution in [1.29, 1.82) is 0 Å². The van der Waals surface area contributed by atoms with Crippen molar-refractivity contribution in [3.8, 4) is 5.75 Å². The molecule has 10 heteroatoms. The molecule has 1 atom stereocenters. The first-order valence-electron chi connectivity index (χ1n) is 8.92. The number of benzene rings is 1. The summed E-state index contributed by atoms with van der Waals surface area (Å²) in [4.78, 5) is 25.1. The Hall–Kier alpha value is -3.27. The molecule has 3 amide bonds. The number of hydrogen-bond acceptors (Lipinski definition) is 6. The van der Waals surface area contributed by atoms with Gasteiger partial charge in [-0.3, -0.25) is 9.48 Å². The molecule has 2 aromatic rings. The molecule has 0 radical (unpaired) electrons. The molecule has 2 heterocycles. The fourth-order valence-electron chi connectivity index (χ4n) is 2.93. The molecule has 3 rings (SSSR count). The highest BCUT2D eigenvalue weighted by molar-refractivity contribution is 5.97. The van der Waals surface area contributed by atoms with Gasteiger partial charge in [0.2, 0.25) is 0 Å². The van der Waals surface area contributed by atoms with Gasteiger partial charge in [0.25, 0.3) is 5.91 Å². The summed E-state index contributed by atoms with van der Waals surface area (Å²) in [6, 6.07) is 6.13. The van der Waals surface area contributed by atoms with E-state index in [2.05, 4.69) is 15.7 Å². The van der Waals surface area contributed by atoms with Crippen LogP contribution in [0.3, 0.4) is 0 Å². The first kappa shape index (κ1) is 19.5. The average molecular weight is 388 g/mol. The van der Waals surface area contributed by atoms with Gasteiger partial charge in [-0.25, -0.2) is 4.79 Å². The zero-order valence-corrected chi connectivity index (χ0v) is 15.6. The van der Waals surface area contributed by atoms with Gasteiger partial charge >= 0.3 is 6.03 Å². The largest absolute Gasteiger partial charge is 0.507 e. The summed E-state index contributed by atoms with van der Waals surface area (Å²) in [5, 5.41) is 20.3. The van der Waals surface area contributed by atoms with E-state index >= 15 is 0 Å². The number of aromatic hydroxyl groups is 1. The molecule has 0 spiro atoms. The van der Waals surface area contributed by atoms with Gasteiger partial charge < -0.3 is 31.1 Å². The first-order valence-corrected chi connectivity index (χ1v) is 8.92. The third-order valence-electron chi connectivity index (χ3n) is 4.43. The third-order valence-corrected chi connectivity index (χ3v) is 4.43. The quantitative estimate of drug-likeness (QED) is 0.560. The summed E-state index contributed by atoms with van der Waals surface area (Å²) in [5.74, 6) is -0.555. The molecule has 1 aromatic heterocycles. The Bertz CT molecular complexity index is 852. The summed E-state index contributed by atoms with van der Waals surface area (Å²) in [6.07, 6.45) is 1.51. The molecule has 0 bridgehead atoms. The Balaban J connectivity index is 1.52. The van der Waals surface area contributed by atoms with Crippen LogP contribution < -0.4 is 16.4 Å². The number of anilines is 1. The van der Waals surface area contributed by atoms with Crippen molar-refractivity contribution in [1.82, 2.24) is 20.0 Å². The monoisotopic (exact) mass is 388 g/mol. The van der Waals surface area contributed by atoms with Gasteiger partial charge in [0.15, 0.2) is 0 Å². The van der Waals surface area contributed by atoms with Crippen molar-refractivity contribution >= 4 is 17.6 Å². The van der Waals surface area contributed by atoms with Crippen LogP contribution in [0.4, 0.5) is 10.5 Å². The maximum atomic E-state index is 12.4. The first-order chi connectivity index (χ1) is 13.4. The van der Waals surface area contributed by atoms with E-state index in [1.807, 2.05) is 19.3 Å². The fraction of sp³-hybridized carbons (Fsp3) is 0.389. The van der Waals surface area contributed by atoms with Crippen LogP contribution in [0.5, 0.6) is 5.75 Å². The topological polar surface area (TPSA) is 135 Å². The van der Waals surface area contributed by atoms with Crippen LogP contribution in [-0.4, -0.2) is 64.1 Å². The zero-order chi connectivity index (χ0) is 20.1. The lowest BCUT2D eigenvalue weighted by atomic mass is 10.1. The molecule has 1 saturated heterocycles. The molecule has 1 aliphatic rings. The SMILES string of the molecule is Cn1ccc(CNc2ccc(C(=O)NCC3CN(C(N)=O)CCO3)c(O)c2)n1. The predicted molar refractivity (Wildman–Crippen MR) is 102 cm³/mol. The van der Waals surface area contributed by atoms with E-state index in [4.69, 9.17) is 10.5 Å². The number of carbonyl (C=O) groups excluding carboxylic acids is 2. The Kier molecular flexibility index (Phi) is 5.99. The highest BCUT2D eigenvalue weighted by Gasteiger charge is 2.23. The number of primary amides is 1. The number of phenols is 1. The fourth-order valence-corrected chi connectivity index (χ4v) is 2.93. The number of nitrogens with zero attached hydrogens (tertiary/aromatic N) is 3. The van der Waals surface area contributed by atoms with E-state index in [0.717, 1.165) is 5.69 Å². The standard InChI is InChI=1S/C18H24N6O4/c1-23-5-4-13(22-23)9-20-12-2-3-15(16(25)8-12)17(26)21-10-14-11-24(18(19)27)6-7-28-14/h2-5,8,14,20,25H,6-7,9-11H2,1H3,(H2,19,27)(H,21,26). The second-order valence-corrected chi connectivity index (χ2v) is 6.55. The number of aromatic nitrogens is 2. The molecule has 0 aliphatic carbocycles. The molecule has 0 saturated carbocycles. The molecule has 1 aliphatic heterocycles. The molecule has 1 fully saturated rings. The van der Waals surface area contributed by atoms with E-state index in [1.165, 1.54) is 11.0 Å². The van der Waals surface area contributed by atoms with E-state index < -0.39 is 11.9 Å². The van der Waals surface area contributed by atoms with Crippen molar-refractivity contribution in [2.45, 2.75) is 12.6 Å². The van der Waals surface area contributed by atoms with Crippen molar-refractivity contribution in [2.24, 2.45) is 12.8 Å². The van der Waals surface area contributed by atoms with Crippen LogP contribution in [-0.2, 0) is 18.3 Å². The minimum atomic E-state index is -0.508. The van der Waals surface area contributed by atoms with Crippen LogP contribution in [0.25, 0.3) is 0 Å². The van der Waals surface area contributed by atoms with E-state index in [0.29, 0.717) is 31.9 Å². The maximum absolute atomic E-state index is 12.4. The van der Waals surface area contributed by atoms with Crippen LogP contribution in [0.1, 0.15) is 16.1 Å². The summed E-state index contributed by atoms with van der Waals surface area (Å²) < 4.78 is 7.23. The summed E-state index contributed by atoms with van der Waals surface area (Å²) in [7, 11) is 1.84. The number of phenolic OH excluding ortho intramolecular Hbond substituents is 1. The van der Waals surface area contributed by atoms with Gasteiger partial charge in [0, 0.05) is 38.1 Å². The van der Waals surface area contributed by atoms with Gasteiger partial charge in [-0.1, -0.05) is 0 Å². The van der Waals surface area contributed by atoms with Crippen molar-refractivity contribution in [3.63, 3.8) is 0 Å². The Morgan fingerprint density at radius 1 is 1.39 bits per heavy atom. The normalized spacial score (nSPS) is 16.6. The van der Waals surface area contributed by atoms with E-state index in [-0.39, 0.29) is 24.0 Å².